The maximum Gasteiger partial charge on any atom is 0.151 e. The molecule has 2 aliphatic rings. The van der Waals surface area contributed by atoms with Crippen molar-refractivity contribution in [2.24, 2.45) is 0 Å². The van der Waals surface area contributed by atoms with E-state index in [2.05, 4.69) is 24.1 Å². The molecule has 16 heavy (non-hydrogen) atoms. The second kappa shape index (κ2) is 4.63. The van der Waals surface area contributed by atoms with E-state index in [1.807, 2.05) is 0 Å². The smallest absolute Gasteiger partial charge is 0.151 e. The highest BCUT2D eigenvalue weighted by Crippen LogP contribution is 2.23. The summed E-state index contributed by atoms with van der Waals surface area (Å²) in [4.78, 5) is 2.42. The lowest BCUT2D eigenvalue weighted by Gasteiger charge is -2.42. The number of nitrogens with one attached hydrogen (secondary N) is 1. The number of sulfone groups is 1. The lowest BCUT2D eigenvalue weighted by atomic mass is 10.0. The third kappa shape index (κ3) is 2.57. The molecule has 0 aromatic heterocycles. The first-order valence-corrected chi connectivity index (χ1v) is 8.03. The molecule has 0 aliphatic carbocycles. The number of piperazine rings is 1. The van der Waals surface area contributed by atoms with E-state index in [0.717, 1.165) is 25.9 Å². The molecule has 4 nitrogen and oxygen atoms in total. The van der Waals surface area contributed by atoms with Crippen LogP contribution in [0.2, 0.25) is 0 Å². The van der Waals surface area contributed by atoms with E-state index >= 15 is 0 Å². The third-order valence-electron chi connectivity index (χ3n) is 3.80. The van der Waals surface area contributed by atoms with Crippen molar-refractivity contribution >= 4 is 9.84 Å². The molecule has 0 bridgehead atoms. The van der Waals surface area contributed by atoms with Gasteiger partial charge in [0.2, 0.25) is 0 Å². The molecule has 94 valence electrons. The van der Waals surface area contributed by atoms with Gasteiger partial charge < -0.3 is 5.32 Å². The van der Waals surface area contributed by atoms with Crippen LogP contribution >= 0.6 is 0 Å². The van der Waals surface area contributed by atoms with Crippen molar-refractivity contribution in [1.82, 2.24) is 10.2 Å². The minimum atomic E-state index is -2.76. The minimum absolute atomic E-state index is 0.263. The number of hydrogen-bond acceptors (Lipinski definition) is 4. The summed E-state index contributed by atoms with van der Waals surface area (Å²) in [5, 5.41) is 3.47. The van der Waals surface area contributed by atoms with Gasteiger partial charge in [-0.05, 0) is 19.8 Å². The van der Waals surface area contributed by atoms with Crippen LogP contribution < -0.4 is 5.32 Å². The van der Waals surface area contributed by atoms with E-state index in [9.17, 15) is 8.42 Å². The zero-order valence-corrected chi connectivity index (χ0v) is 11.0. The Kier molecular flexibility index (Phi) is 3.56. The quantitative estimate of drug-likeness (QED) is 0.758. The lowest BCUT2D eigenvalue weighted by molar-refractivity contribution is 0.0935. The van der Waals surface area contributed by atoms with Crippen molar-refractivity contribution in [3.05, 3.63) is 0 Å². The fourth-order valence-electron chi connectivity index (χ4n) is 2.85. The Morgan fingerprint density at radius 1 is 1.44 bits per heavy atom. The fraction of sp³-hybridized carbons (Fsp3) is 1.00. The Hall–Kier alpha value is -0.130. The van der Waals surface area contributed by atoms with Crippen LogP contribution in [0.25, 0.3) is 0 Å². The largest absolute Gasteiger partial charge is 0.311 e. The fourth-order valence-corrected chi connectivity index (χ4v) is 4.59. The van der Waals surface area contributed by atoms with Crippen LogP contribution in [0.3, 0.4) is 0 Å². The summed E-state index contributed by atoms with van der Waals surface area (Å²) in [5.74, 6) is 0.753. The van der Waals surface area contributed by atoms with Crippen LogP contribution in [-0.2, 0) is 9.84 Å². The van der Waals surface area contributed by atoms with Crippen LogP contribution in [0.4, 0.5) is 0 Å². The Labute approximate surface area is 98.3 Å². The van der Waals surface area contributed by atoms with E-state index in [1.54, 1.807) is 0 Å². The van der Waals surface area contributed by atoms with Gasteiger partial charge in [0.25, 0.3) is 0 Å². The van der Waals surface area contributed by atoms with Crippen molar-refractivity contribution in [3.8, 4) is 0 Å². The summed E-state index contributed by atoms with van der Waals surface area (Å²) >= 11 is 0. The molecule has 0 amide bonds. The molecule has 5 heteroatoms. The van der Waals surface area contributed by atoms with Crippen molar-refractivity contribution in [2.45, 2.75) is 44.8 Å². The second-order valence-electron chi connectivity index (χ2n) is 5.13. The summed E-state index contributed by atoms with van der Waals surface area (Å²) < 4.78 is 23.0. The number of hydrogen-bond donors (Lipinski definition) is 1. The molecular weight excluding hydrogens is 224 g/mol. The van der Waals surface area contributed by atoms with Gasteiger partial charge in [0.1, 0.15) is 0 Å². The highest BCUT2D eigenvalue weighted by molar-refractivity contribution is 7.91. The highest BCUT2D eigenvalue weighted by Gasteiger charge is 2.37. The molecule has 2 saturated heterocycles. The predicted octanol–water partition coefficient (Wildman–Crippen LogP) is 0.246. The van der Waals surface area contributed by atoms with Crippen molar-refractivity contribution < 1.29 is 8.42 Å². The van der Waals surface area contributed by atoms with E-state index in [1.165, 1.54) is 0 Å². The molecule has 0 aromatic rings. The average molecular weight is 246 g/mol. The van der Waals surface area contributed by atoms with Gasteiger partial charge in [-0.15, -0.1) is 0 Å². The highest BCUT2D eigenvalue weighted by atomic mass is 32.2. The third-order valence-corrected chi connectivity index (χ3v) is 5.55. The summed E-state index contributed by atoms with van der Waals surface area (Å²) in [7, 11) is -2.76. The van der Waals surface area contributed by atoms with Crippen molar-refractivity contribution in [1.29, 1.82) is 0 Å². The monoisotopic (exact) mass is 246 g/mol. The van der Waals surface area contributed by atoms with Gasteiger partial charge in [-0.25, -0.2) is 8.42 Å². The molecular formula is C11H22N2O2S. The van der Waals surface area contributed by atoms with Crippen molar-refractivity contribution in [3.63, 3.8) is 0 Å². The summed E-state index contributed by atoms with van der Waals surface area (Å²) in [6.07, 6.45) is 1.92. The molecule has 3 unspecified atom stereocenters. The SMILES string of the molecule is CCC1CNC(C)CN1C1CCS(=O)(=O)C1. The van der Waals surface area contributed by atoms with Gasteiger partial charge in [0.05, 0.1) is 11.5 Å². The molecule has 2 heterocycles. The van der Waals surface area contributed by atoms with Crippen molar-refractivity contribution in [2.75, 3.05) is 24.6 Å². The van der Waals surface area contributed by atoms with E-state index in [4.69, 9.17) is 0 Å². The molecule has 0 aromatic carbocycles. The Balaban J connectivity index is 2.06. The van der Waals surface area contributed by atoms with Gasteiger partial charge in [-0.3, -0.25) is 4.90 Å². The molecule has 0 spiro atoms. The van der Waals surface area contributed by atoms with Crippen LogP contribution in [0.1, 0.15) is 26.7 Å². The van der Waals surface area contributed by atoms with Crippen LogP contribution in [0.15, 0.2) is 0 Å². The first-order valence-electron chi connectivity index (χ1n) is 6.21. The number of nitrogens with zero attached hydrogens (tertiary/aromatic N) is 1. The van der Waals surface area contributed by atoms with E-state index in [0.29, 0.717) is 23.6 Å². The maximum atomic E-state index is 11.5. The lowest BCUT2D eigenvalue weighted by Crippen LogP contribution is -2.58. The topological polar surface area (TPSA) is 49.4 Å². The van der Waals surface area contributed by atoms with Crippen LogP contribution in [0.5, 0.6) is 0 Å². The Morgan fingerprint density at radius 2 is 2.19 bits per heavy atom. The molecule has 0 radical (unpaired) electrons. The van der Waals surface area contributed by atoms with Gasteiger partial charge >= 0.3 is 0 Å². The van der Waals surface area contributed by atoms with Gasteiger partial charge in [-0.2, -0.15) is 0 Å². The van der Waals surface area contributed by atoms with Crippen LogP contribution in [0, 0.1) is 0 Å². The van der Waals surface area contributed by atoms with Crippen LogP contribution in [-0.4, -0.2) is 56.0 Å². The van der Waals surface area contributed by atoms with E-state index < -0.39 is 9.84 Å². The molecule has 0 saturated carbocycles. The zero-order valence-electron chi connectivity index (χ0n) is 10.1. The van der Waals surface area contributed by atoms with Gasteiger partial charge in [-0.1, -0.05) is 6.92 Å². The average Bonchev–Trinajstić information content (AvgIpc) is 2.59. The molecule has 2 fully saturated rings. The molecule has 3 atom stereocenters. The maximum absolute atomic E-state index is 11.5. The Morgan fingerprint density at radius 3 is 2.75 bits per heavy atom. The molecule has 1 N–H and O–H groups in total. The first-order chi connectivity index (χ1) is 7.52. The Bertz CT molecular complexity index is 342. The predicted molar refractivity (Wildman–Crippen MR) is 65.3 cm³/mol. The van der Waals surface area contributed by atoms with E-state index in [-0.39, 0.29) is 6.04 Å². The minimum Gasteiger partial charge on any atom is -0.311 e. The van der Waals surface area contributed by atoms with Gasteiger partial charge in [0.15, 0.2) is 9.84 Å². The summed E-state index contributed by atoms with van der Waals surface area (Å²) in [5.41, 5.74) is 0. The second-order valence-corrected chi connectivity index (χ2v) is 7.35. The number of rotatable bonds is 2. The standard InChI is InChI=1S/C11H22N2O2S/c1-3-10-6-12-9(2)7-13(10)11-4-5-16(14,15)8-11/h9-12H,3-8H2,1-2H3. The summed E-state index contributed by atoms with van der Waals surface area (Å²) in [6, 6.07) is 1.25. The zero-order chi connectivity index (χ0) is 11.8. The van der Waals surface area contributed by atoms with Gasteiger partial charge in [0, 0.05) is 31.2 Å². The normalized spacial score (nSPS) is 40.0. The molecule has 2 rings (SSSR count). The molecule has 2 aliphatic heterocycles. The summed E-state index contributed by atoms with van der Waals surface area (Å²) in [6.45, 7) is 6.33. The first kappa shape index (κ1) is 12.3.